The smallest absolute Gasteiger partial charge is 0.435 e. The van der Waals surface area contributed by atoms with E-state index in [1.54, 1.807) is 0 Å². The molecular weight excluding hydrogens is 372 g/mol. The van der Waals surface area contributed by atoms with Gasteiger partial charge in [-0.1, -0.05) is 17.3 Å². The Hall–Kier alpha value is -2.98. The fourth-order valence-corrected chi connectivity index (χ4v) is 3.13. The van der Waals surface area contributed by atoms with E-state index in [4.69, 9.17) is 5.11 Å². The van der Waals surface area contributed by atoms with Crippen molar-refractivity contribution in [1.29, 1.82) is 0 Å². The van der Waals surface area contributed by atoms with Crippen LogP contribution in [0.5, 0.6) is 0 Å². The van der Waals surface area contributed by atoms with Gasteiger partial charge in [0.15, 0.2) is 11.4 Å². The molecule has 1 unspecified atom stereocenters. The van der Waals surface area contributed by atoms with Crippen molar-refractivity contribution < 1.29 is 32.3 Å². The van der Waals surface area contributed by atoms with Gasteiger partial charge in [-0.15, -0.1) is 5.10 Å². The fraction of sp³-hybridized carbons (Fsp3) is 0.375. The van der Waals surface area contributed by atoms with Gasteiger partial charge in [0.25, 0.3) is 5.91 Å². The number of hydrogen-bond acceptors (Lipinski definition) is 4. The van der Waals surface area contributed by atoms with E-state index in [1.807, 2.05) is 0 Å². The lowest BCUT2D eigenvalue weighted by Gasteiger charge is -2.23. The Bertz CT molecular complexity index is 881. The Kier molecular flexibility index (Phi) is 4.85. The number of halogens is 4. The number of carbonyl (C=O) groups excluding carboxylic acids is 1. The summed E-state index contributed by atoms with van der Waals surface area (Å²) in [6.07, 6.45) is -4.58. The van der Waals surface area contributed by atoms with Gasteiger partial charge in [0.05, 0.1) is 6.42 Å². The number of nitrogens with zero attached hydrogens (tertiary/aromatic N) is 4. The van der Waals surface area contributed by atoms with Crippen LogP contribution in [0.4, 0.5) is 17.6 Å². The summed E-state index contributed by atoms with van der Waals surface area (Å²) in [4.78, 5) is 24.6. The molecule has 144 valence electrons. The second-order valence-electron chi connectivity index (χ2n) is 6.04. The number of hydrogen-bond donors (Lipinski definition) is 1. The van der Waals surface area contributed by atoms with Crippen molar-refractivity contribution in [3.63, 3.8) is 0 Å². The van der Waals surface area contributed by atoms with Gasteiger partial charge < -0.3 is 10.0 Å². The first-order valence-corrected chi connectivity index (χ1v) is 8.00. The Morgan fingerprint density at radius 2 is 1.96 bits per heavy atom. The Morgan fingerprint density at radius 3 is 2.59 bits per heavy atom. The summed E-state index contributed by atoms with van der Waals surface area (Å²) in [7, 11) is 0. The van der Waals surface area contributed by atoms with Gasteiger partial charge in [0, 0.05) is 12.6 Å². The van der Waals surface area contributed by atoms with Crippen molar-refractivity contribution >= 4 is 11.9 Å². The predicted molar refractivity (Wildman–Crippen MR) is 82.6 cm³/mol. The SMILES string of the molecule is O=C(O)CC1CCCN1C(=O)c1nnn(-c2ccccc2F)c1C(F)(F)F. The van der Waals surface area contributed by atoms with Gasteiger partial charge >= 0.3 is 12.1 Å². The second-order valence-corrected chi connectivity index (χ2v) is 6.04. The molecule has 1 aromatic heterocycles. The first-order chi connectivity index (χ1) is 12.7. The first kappa shape index (κ1) is 18.8. The third-order valence-corrected chi connectivity index (χ3v) is 4.27. The number of benzene rings is 1. The molecule has 1 atom stereocenters. The molecule has 0 radical (unpaired) electrons. The van der Waals surface area contributed by atoms with Crippen molar-refractivity contribution in [3.8, 4) is 5.69 Å². The first-order valence-electron chi connectivity index (χ1n) is 8.00. The normalized spacial score (nSPS) is 17.3. The molecule has 11 heteroatoms. The van der Waals surface area contributed by atoms with Gasteiger partial charge in [0.2, 0.25) is 0 Å². The Balaban J connectivity index is 2.05. The molecule has 3 rings (SSSR count). The maximum atomic E-state index is 13.9. The lowest BCUT2D eigenvalue weighted by atomic mass is 10.1. The number of carboxylic acids is 1. The molecule has 1 saturated heterocycles. The predicted octanol–water partition coefficient (Wildman–Crippen LogP) is 2.50. The van der Waals surface area contributed by atoms with E-state index >= 15 is 0 Å². The van der Waals surface area contributed by atoms with Crippen molar-refractivity contribution in [2.45, 2.75) is 31.5 Å². The Labute approximate surface area is 150 Å². The summed E-state index contributed by atoms with van der Waals surface area (Å²) < 4.78 is 55.1. The van der Waals surface area contributed by atoms with Crippen molar-refractivity contribution in [1.82, 2.24) is 19.9 Å². The monoisotopic (exact) mass is 386 g/mol. The topological polar surface area (TPSA) is 88.3 Å². The van der Waals surface area contributed by atoms with Crippen LogP contribution >= 0.6 is 0 Å². The summed E-state index contributed by atoms with van der Waals surface area (Å²) in [6.45, 7) is 0.112. The number of aliphatic carboxylic acids is 1. The average molecular weight is 386 g/mol. The number of likely N-dealkylation sites (tertiary alicyclic amines) is 1. The molecule has 7 nitrogen and oxygen atoms in total. The zero-order chi connectivity index (χ0) is 19.8. The van der Waals surface area contributed by atoms with Crippen LogP contribution in [0.3, 0.4) is 0 Å². The molecule has 1 aromatic carbocycles. The molecule has 1 N–H and O–H groups in total. The highest BCUT2D eigenvalue weighted by Gasteiger charge is 2.44. The van der Waals surface area contributed by atoms with E-state index in [2.05, 4.69) is 10.3 Å². The average Bonchev–Trinajstić information content (AvgIpc) is 3.20. The van der Waals surface area contributed by atoms with E-state index in [9.17, 15) is 27.2 Å². The lowest BCUT2D eigenvalue weighted by Crippen LogP contribution is -2.38. The van der Waals surface area contributed by atoms with Gasteiger partial charge in [-0.25, -0.2) is 9.07 Å². The minimum absolute atomic E-state index is 0.112. The molecule has 0 bridgehead atoms. The number of carboxylic acid groups (broad SMARTS) is 1. The quantitative estimate of drug-likeness (QED) is 0.816. The number of para-hydroxylation sites is 1. The van der Waals surface area contributed by atoms with Crippen molar-refractivity contribution in [2.24, 2.45) is 0 Å². The highest BCUT2D eigenvalue weighted by molar-refractivity contribution is 5.94. The Morgan fingerprint density at radius 1 is 1.26 bits per heavy atom. The summed E-state index contributed by atoms with van der Waals surface area (Å²) in [5, 5.41) is 15.6. The van der Waals surface area contributed by atoms with Crippen LogP contribution in [0.1, 0.15) is 35.4 Å². The molecule has 1 aliphatic rings. The van der Waals surface area contributed by atoms with E-state index in [0.717, 1.165) is 17.0 Å². The zero-order valence-electron chi connectivity index (χ0n) is 13.8. The third-order valence-electron chi connectivity index (χ3n) is 4.27. The summed E-state index contributed by atoms with van der Waals surface area (Å²) >= 11 is 0. The lowest BCUT2D eigenvalue weighted by molar-refractivity contribution is -0.143. The van der Waals surface area contributed by atoms with Crippen molar-refractivity contribution in [2.75, 3.05) is 6.54 Å². The minimum atomic E-state index is -5.03. The van der Waals surface area contributed by atoms with E-state index in [1.165, 1.54) is 12.1 Å². The highest BCUT2D eigenvalue weighted by Crippen LogP contribution is 2.34. The van der Waals surface area contributed by atoms with Gasteiger partial charge in [0.1, 0.15) is 11.5 Å². The van der Waals surface area contributed by atoms with Crippen LogP contribution in [-0.4, -0.2) is 49.5 Å². The molecule has 0 aliphatic carbocycles. The molecular formula is C16H14F4N4O3. The maximum Gasteiger partial charge on any atom is 0.435 e. The highest BCUT2D eigenvalue weighted by atomic mass is 19.4. The molecule has 0 spiro atoms. The fourth-order valence-electron chi connectivity index (χ4n) is 3.13. The van der Waals surface area contributed by atoms with Crippen LogP contribution in [0.25, 0.3) is 5.69 Å². The van der Waals surface area contributed by atoms with E-state index < -0.39 is 47.0 Å². The number of alkyl halides is 3. The number of amides is 1. The standard InChI is InChI=1S/C16H14F4N4O3/c17-10-5-1-2-6-11(10)24-14(16(18,19)20)13(21-22-24)15(27)23-7-3-4-9(23)8-12(25)26/h1-2,5-6,9H,3-4,7-8H2,(H,25,26). The molecule has 1 aliphatic heterocycles. The minimum Gasteiger partial charge on any atom is -0.481 e. The van der Waals surface area contributed by atoms with E-state index in [0.29, 0.717) is 12.8 Å². The van der Waals surface area contributed by atoms with Gasteiger partial charge in [-0.05, 0) is 25.0 Å². The summed E-state index contributed by atoms with van der Waals surface area (Å²) in [5.74, 6) is -3.20. The van der Waals surface area contributed by atoms with Crippen LogP contribution in [0.15, 0.2) is 24.3 Å². The van der Waals surface area contributed by atoms with Crippen LogP contribution < -0.4 is 0 Å². The molecule has 27 heavy (non-hydrogen) atoms. The van der Waals surface area contributed by atoms with Gasteiger partial charge in [-0.2, -0.15) is 13.2 Å². The molecule has 2 aromatic rings. The summed E-state index contributed by atoms with van der Waals surface area (Å²) in [6, 6.07) is 3.94. The summed E-state index contributed by atoms with van der Waals surface area (Å²) in [5.41, 5.74) is -2.98. The zero-order valence-corrected chi connectivity index (χ0v) is 13.8. The van der Waals surface area contributed by atoms with Crippen LogP contribution in [0, 0.1) is 5.82 Å². The largest absolute Gasteiger partial charge is 0.481 e. The molecule has 1 amide bonds. The second kappa shape index (κ2) is 6.97. The molecule has 0 saturated carbocycles. The van der Waals surface area contributed by atoms with E-state index in [-0.39, 0.29) is 17.6 Å². The number of aromatic nitrogens is 3. The maximum absolute atomic E-state index is 13.9. The number of carbonyl (C=O) groups is 2. The molecule has 2 heterocycles. The third kappa shape index (κ3) is 3.62. The van der Waals surface area contributed by atoms with Crippen LogP contribution in [-0.2, 0) is 11.0 Å². The van der Waals surface area contributed by atoms with Gasteiger partial charge in [-0.3, -0.25) is 9.59 Å². The number of rotatable bonds is 4. The molecule has 1 fully saturated rings. The van der Waals surface area contributed by atoms with Crippen molar-refractivity contribution in [3.05, 3.63) is 41.5 Å². The van der Waals surface area contributed by atoms with Crippen LogP contribution in [0.2, 0.25) is 0 Å².